The lowest BCUT2D eigenvalue weighted by Crippen LogP contribution is -2.43. The highest BCUT2D eigenvalue weighted by molar-refractivity contribution is 5.82. The first-order valence-corrected chi connectivity index (χ1v) is 11.2. The molecule has 7 heteroatoms. The van der Waals surface area contributed by atoms with Gasteiger partial charge in [-0.3, -0.25) is 4.79 Å². The average molecular weight is 454 g/mol. The van der Waals surface area contributed by atoms with Crippen molar-refractivity contribution >= 4 is 18.0 Å². The zero-order chi connectivity index (χ0) is 24.0. The van der Waals surface area contributed by atoms with E-state index >= 15 is 0 Å². The Morgan fingerprint density at radius 2 is 1.52 bits per heavy atom. The lowest BCUT2D eigenvalue weighted by atomic mass is 9.98. The van der Waals surface area contributed by atoms with Crippen LogP contribution in [0.15, 0.2) is 48.5 Å². The SMILES string of the molecule is CCOC(=O)C(CCC(=O)OC(C)(C)C)NC(=O)OCC1c2ccccc2-c2ccccc21. The molecule has 1 N–H and O–H groups in total. The Hall–Kier alpha value is -3.35. The van der Waals surface area contributed by atoms with Gasteiger partial charge in [0.15, 0.2) is 0 Å². The third-order valence-corrected chi connectivity index (χ3v) is 5.26. The van der Waals surface area contributed by atoms with E-state index in [2.05, 4.69) is 17.4 Å². The zero-order valence-electron chi connectivity index (χ0n) is 19.6. The molecule has 0 aromatic heterocycles. The predicted molar refractivity (Wildman–Crippen MR) is 124 cm³/mol. The summed E-state index contributed by atoms with van der Waals surface area (Å²) in [6, 6.07) is 15.1. The fourth-order valence-electron chi connectivity index (χ4n) is 3.93. The molecule has 0 aliphatic heterocycles. The van der Waals surface area contributed by atoms with Gasteiger partial charge in [-0.25, -0.2) is 9.59 Å². The van der Waals surface area contributed by atoms with E-state index in [0.717, 1.165) is 22.3 Å². The van der Waals surface area contributed by atoms with E-state index < -0.39 is 29.7 Å². The van der Waals surface area contributed by atoms with E-state index in [0.29, 0.717) is 0 Å². The maximum atomic E-state index is 12.6. The van der Waals surface area contributed by atoms with Crippen LogP contribution in [0.2, 0.25) is 0 Å². The number of esters is 2. The van der Waals surface area contributed by atoms with E-state index in [1.807, 2.05) is 36.4 Å². The molecule has 33 heavy (non-hydrogen) atoms. The molecule has 0 radical (unpaired) electrons. The lowest BCUT2D eigenvalue weighted by Gasteiger charge is -2.21. The molecule has 0 fully saturated rings. The van der Waals surface area contributed by atoms with Crippen molar-refractivity contribution in [3.05, 3.63) is 59.7 Å². The standard InChI is InChI=1S/C26H31NO6/c1-5-31-24(29)22(14-15-23(28)33-26(2,3)4)27-25(30)32-16-21-19-12-8-6-10-17(19)18-11-7-9-13-20(18)21/h6-13,21-22H,5,14-16H2,1-4H3,(H,27,30). The quantitative estimate of drug-likeness (QED) is 0.465. The number of alkyl carbamates (subject to hydrolysis) is 1. The van der Waals surface area contributed by atoms with Crippen molar-refractivity contribution in [3.63, 3.8) is 0 Å². The summed E-state index contributed by atoms with van der Waals surface area (Å²) >= 11 is 0. The number of nitrogens with one attached hydrogen (secondary N) is 1. The lowest BCUT2D eigenvalue weighted by molar-refractivity contribution is -0.155. The first-order chi connectivity index (χ1) is 15.7. The Labute approximate surface area is 194 Å². The second kappa shape index (κ2) is 10.5. The predicted octanol–water partition coefficient (Wildman–Crippen LogP) is 4.58. The number of carbonyl (C=O) groups is 3. The summed E-state index contributed by atoms with van der Waals surface area (Å²) in [6.07, 6.45) is -0.721. The molecular formula is C26H31NO6. The van der Waals surface area contributed by atoms with E-state index in [4.69, 9.17) is 14.2 Å². The van der Waals surface area contributed by atoms with Gasteiger partial charge < -0.3 is 19.5 Å². The van der Waals surface area contributed by atoms with Crippen molar-refractivity contribution in [2.75, 3.05) is 13.2 Å². The van der Waals surface area contributed by atoms with Gasteiger partial charge >= 0.3 is 18.0 Å². The monoisotopic (exact) mass is 453 g/mol. The van der Waals surface area contributed by atoms with Crippen molar-refractivity contribution in [1.29, 1.82) is 0 Å². The smallest absolute Gasteiger partial charge is 0.407 e. The van der Waals surface area contributed by atoms with E-state index in [1.165, 1.54) is 0 Å². The summed E-state index contributed by atoms with van der Waals surface area (Å²) in [7, 11) is 0. The minimum absolute atomic E-state index is 0.0373. The number of hydrogen-bond donors (Lipinski definition) is 1. The van der Waals surface area contributed by atoms with Crippen molar-refractivity contribution in [1.82, 2.24) is 5.32 Å². The van der Waals surface area contributed by atoms with E-state index in [9.17, 15) is 14.4 Å². The molecule has 0 bridgehead atoms. The normalized spacial score (nSPS) is 13.5. The van der Waals surface area contributed by atoms with Crippen molar-refractivity contribution in [3.8, 4) is 11.1 Å². The summed E-state index contributed by atoms with van der Waals surface area (Å²) in [4.78, 5) is 36.9. The Balaban J connectivity index is 1.62. The number of rotatable bonds is 8. The van der Waals surface area contributed by atoms with Crippen molar-refractivity contribution in [2.24, 2.45) is 0 Å². The summed E-state index contributed by atoms with van der Waals surface area (Å²) in [6.45, 7) is 7.26. The third kappa shape index (κ3) is 6.34. The zero-order valence-corrected chi connectivity index (χ0v) is 19.6. The Kier molecular flexibility index (Phi) is 7.74. The van der Waals surface area contributed by atoms with Crippen LogP contribution in [0.4, 0.5) is 4.79 Å². The largest absolute Gasteiger partial charge is 0.464 e. The van der Waals surface area contributed by atoms with Gasteiger partial charge in [-0.15, -0.1) is 0 Å². The summed E-state index contributed by atoms with van der Waals surface area (Å²) in [5, 5.41) is 2.55. The van der Waals surface area contributed by atoms with Crippen LogP contribution < -0.4 is 5.32 Å². The van der Waals surface area contributed by atoms with Crippen molar-refractivity contribution < 1.29 is 28.6 Å². The maximum Gasteiger partial charge on any atom is 0.407 e. The van der Waals surface area contributed by atoms with Gasteiger partial charge in [0.1, 0.15) is 18.2 Å². The van der Waals surface area contributed by atoms with Crippen LogP contribution in [-0.2, 0) is 23.8 Å². The second-order valence-corrected chi connectivity index (χ2v) is 8.90. The van der Waals surface area contributed by atoms with Crippen LogP contribution in [0.25, 0.3) is 11.1 Å². The van der Waals surface area contributed by atoms with E-state index in [1.54, 1.807) is 27.7 Å². The fourth-order valence-corrected chi connectivity index (χ4v) is 3.93. The van der Waals surface area contributed by atoms with Gasteiger partial charge in [-0.2, -0.15) is 0 Å². The molecule has 176 valence electrons. The summed E-state index contributed by atoms with van der Waals surface area (Å²) in [5.74, 6) is -1.16. The Bertz CT molecular complexity index is 964. The van der Waals surface area contributed by atoms with Gasteiger partial charge in [0.2, 0.25) is 0 Å². The molecule has 7 nitrogen and oxygen atoms in total. The average Bonchev–Trinajstić information content (AvgIpc) is 3.08. The number of fused-ring (bicyclic) bond motifs is 3. The molecule has 1 aliphatic rings. The van der Waals surface area contributed by atoms with Gasteiger partial charge in [-0.05, 0) is 56.4 Å². The van der Waals surface area contributed by atoms with Gasteiger partial charge in [0.05, 0.1) is 6.61 Å². The van der Waals surface area contributed by atoms with Crippen LogP contribution in [0.3, 0.4) is 0 Å². The van der Waals surface area contributed by atoms with Crippen LogP contribution in [-0.4, -0.2) is 42.9 Å². The van der Waals surface area contributed by atoms with Crippen LogP contribution in [0.1, 0.15) is 57.6 Å². The molecule has 0 saturated heterocycles. The van der Waals surface area contributed by atoms with Crippen molar-refractivity contribution in [2.45, 2.75) is 58.1 Å². The molecule has 1 amide bonds. The molecule has 3 rings (SSSR count). The summed E-state index contributed by atoms with van der Waals surface area (Å²) in [5.41, 5.74) is 3.82. The molecule has 1 aliphatic carbocycles. The second-order valence-electron chi connectivity index (χ2n) is 8.90. The van der Waals surface area contributed by atoms with Crippen LogP contribution in [0, 0.1) is 0 Å². The number of hydrogen-bond acceptors (Lipinski definition) is 6. The topological polar surface area (TPSA) is 90.9 Å². The highest BCUT2D eigenvalue weighted by atomic mass is 16.6. The van der Waals surface area contributed by atoms with Gasteiger partial charge in [0, 0.05) is 12.3 Å². The Morgan fingerprint density at radius 3 is 2.06 bits per heavy atom. The number of amides is 1. The van der Waals surface area contributed by atoms with Gasteiger partial charge in [-0.1, -0.05) is 48.5 Å². The molecule has 0 spiro atoms. The molecule has 2 aromatic rings. The Morgan fingerprint density at radius 1 is 0.939 bits per heavy atom. The first-order valence-electron chi connectivity index (χ1n) is 11.2. The highest BCUT2D eigenvalue weighted by Gasteiger charge is 2.30. The minimum atomic E-state index is -1.01. The maximum absolute atomic E-state index is 12.6. The first kappa shape index (κ1) is 24.3. The minimum Gasteiger partial charge on any atom is -0.464 e. The van der Waals surface area contributed by atoms with Crippen LogP contribution >= 0.6 is 0 Å². The van der Waals surface area contributed by atoms with Gasteiger partial charge in [0.25, 0.3) is 0 Å². The third-order valence-electron chi connectivity index (χ3n) is 5.26. The molecule has 1 unspecified atom stereocenters. The summed E-state index contributed by atoms with van der Waals surface area (Å²) < 4.78 is 15.8. The molecule has 0 heterocycles. The molecular weight excluding hydrogens is 422 g/mol. The number of benzene rings is 2. The highest BCUT2D eigenvalue weighted by Crippen LogP contribution is 2.44. The number of ether oxygens (including phenoxy) is 3. The molecule has 2 aromatic carbocycles. The molecule has 0 saturated carbocycles. The fraction of sp³-hybridized carbons (Fsp3) is 0.423. The van der Waals surface area contributed by atoms with Crippen LogP contribution in [0.5, 0.6) is 0 Å². The van der Waals surface area contributed by atoms with E-state index in [-0.39, 0.29) is 32.0 Å². The molecule has 1 atom stereocenters. The number of carbonyl (C=O) groups excluding carboxylic acids is 3.